The van der Waals surface area contributed by atoms with Crippen LogP contribution in [0.1, 0.15) is 0 Å². The topological polar surface area (TPSA) is 73.1 Å². The van der Waals surface area contributed by atoms with Crippen LogP contribution >= 0.6 is 22.6 Å². The molecule has 2 heterocycles. The molecule has 8 heteroatoms. The average molecular weight is 392 g/mol. The molecule has 0 spiro atoms. The smallest absolute Gasteiger partial charge is 0.241 e. The summed E-state index contributed by atoms with van der Waals surface area (Å²) in [5.41, 5.74) is 1.18. The third-order valence-electron chi connectivity index (χ3n) is 2.67. The first-order chi connectivity index (χ1) is 8.88. The van der Waals surface area contributed by atoms with Gasteiger partial charge in [0.1, 0.15) is 22.3 Å². The van der Waals surface area contributed by atoms with Gasteiger partial charge in [0.15, 0.2) is 5.52 Å². The summed E-state index contributed by atoms with van der Waals surface area (Å²) < 4.78 is 7.98. The molecule has 0 unspecified atom stereocenters. The van der Waals surface area contributed by atoms with Crippen LogP contribution in [0.2, 0.25) is 25.7 Å². The molecule has 0 aliphatic carbocycles. The summed E-state index contributed by atoms with van der Waals surface area (Å²) in [5, 5.41) is 14.1. The van der Waals surface area contributed by atoms with Crippen molar-refractivity contribution < 1.29 is 9.84 Å². The van der Waals surface area contributed by atoms with Crippen molar-refractivity contribution in [2.45, 2.75) is 32.4 Å². The zero-order valence-electron chi connectivity index (χ0n) is 11.2. The van der Waals surface area contributed by atoms with Crippen molar-refractivity contribution in [1.82, 2.24) is 19.7 Å². The van der Waals surface area contributed by atoms with Gasteiger partial charge in [0.05, 0.1) is 0 Å². The number of fused-ring (bicyclic) bond motifs is 1. The first-order valence-electron chi connectivity index (χ1n) is 6.02. The van der Waals surface area contributed by atoms with Crippen LogP contribution in [0.3, 0.4) is 0 Å². The van der Waals surface area contributed by atoms with Crippen molar-refractivity contribution >= 4 is 41.7 Å². The summed E-state index contributed by atoms with van der Waals surface area (Å²) in [6.45, 7) is 7.94. The second-order valence-corrected chi connectivity index (χ2v) is 12.2. The molecule has 0 bridgehead atoms. The first kappa shape index (κ1) is 14.7. The molecule has 6 nitrogen and oxygen atoms in total. The largest absolute Gasteiger partial charge is 0.492 e. The van der Waals surface area contributed by atoms with Gasteiger partial charge in [-0.15, -0.1) is 0 Å². The molecule has 2 aromatic rings. The van der Waals surface area contributed by atoms with Crippen molar-refractivity contribution in [3.8, 4) is 5.88 Å². The van der Waals surface area contributed by atoms with E-state index in [2.05, 4.69) is 57.3 Å². The minimum atomic E-state index is -1.09. The molecule has 19 heavy (non-hydrogen) atoms. The number of halogens is 1. The molecule has 0 aliphatic rings. The number of hydrogen-bond acceptors (Lipinski definition) is 5. The van der Waals surface area contributed by atoms with E-state index in [-0.39, 0.29) is 5.88 Å². The molecule has 2 rings (SSSR count). The summed E-state index contributed by atoms with van der Waals surface area (Å²) in [6, 6.07) is 1.10. The molecule has 0 saturated carbocycles. The minimum Gasteiger partial charge on any atom is -0.492 e. The Morgan fingerprint density at radius 2 is 2.11 bits per heavy atom. The summed E-state index contributed by atoms with van der Waals surface area (Å²) in [5.74, 6) is -0.0609. The van der Waals surface area contributed by atoms with E-state index in [1.165, 1.54) is 6.33 Å². The lowest BCUT2D eigenvalue weighted by Gasteiger charge is -2.15. The normalized spacial score (nSPS) is 12.2. The van der Waals surface area contributed by atoms with Crippen molar-refractivity contribution in [3.63, 3.8) is 0 Å². The van der Waals surface area contributed by atoms with Crippen LogP contribution in [0, 0.1) is 3.70 Å². The van der Waals surface area contributed by atoms with Gasteiger partial charge in [0.2, 0.25) is 5.88 Å². The third-order valence-corrected chi connectivity index (χ3v) is 5.11. The summed E-state index contributed by atoms with van der Waals surface area (Å²) in [4.78, 5) is 7.90. The lowest BCUT2D eigenvalue weighted by Crippen LogP contribution is -2.22. The Hall–Kier alpha value is -0.743. The van der Waals surface area contributed by atoms with Gasteiger partial charge in [-0.3, -0.25) is 0 Å². The molecule has 104 valence electrons. The van der Waals surface area contributed by atoms with E-state index in [4.69, 9.17) is 4.74 Å². The molecular weight excluding hydrogens is 375 g/mol. The predicted molar refractivity (Wildman–Crippen MR) is 83.8 cm³/mol. The Bertz CT molecular complexity index is 582. The van der Waals surface area contributed by atoms with Gasteiger partial charge in [0.25, 0.3) is 0 Å². The van der Waals surface area contributed by atoms with Gasteiger partial charge in [-0.2, -0.15) is 5.10 Å². The molecule has 0 radical (unpaired) electrons. The maximum absolute atomic E-state index is 9.79. The second kappa shape index (κ2) is 5.71. The summed E-state index contributed by atoms with van der Waals surface area (Å²) >= 11 is 2.09. The van der Waals surface area contributed by atoms with Crippen molar-refractivity contribution in [2.24, 2.45) is 0 Å². The molecule has 0 amide bonds. The van der Waals surface area contributed by atoms with Gasteiger partial charge >= 0.3 is 0 Å². The van der Waals surface area contributed by atoms with Crippen molar-refractivity contribution in [2.75, 3.05) is 6.61 Å². The van der Waals surface area contributed by atoms with Gasteiger partial charge in [0, 0.05) is 14.7 Å². The molecule has 0 saturated heterocycles. The highest BCUT2D eigenvalue weighted by atomic mass is 127. The van der Waals surface area contributed by atoms with Gasteiger partial charge in [-0.25, -0.2) is 14.6 Å². The monoisotopic (exact) mass is 392 g/mol. The fourth-order valence-electron chi connectivity index (χ4n) is 1.58. The molecule has 2 aromatic heterocycles. The van der Waals surface area contributed by atoms with Crippen LogP contribution in [-0.4, -0.2) is 39.5 Å². The Morgan fingerprint density at radius 1 is 1.37 bits per heavy atom. The Kier molecular flexibility index (Phi) is 4.41. The van der Waals surface area contributed by atoms with Crippen LogP contribution in [0.25, 0.3) is 11.0 Å². The highest BCUT2D eigenvalue weighted by Gasteiger charge is 2.15. The zero-order valence-corrected chi connectivity index (χ0v) is 14.4. The second-order valence-electron chi connectivity index (χ2n) is 5.53. The summed E-state index contributed by atoms with van der Waals surface area (Å²) in [7, 11) is -1.09. The lowest BCUT2D eigenvalue weighted by atomic mass is 10.4. The Labute approximate surface area is 126 Å². The third kappa shape index (κ3) is 3.63. The standard InChI is InChI=1S/C11H17IN4O2Si/c1-19(2,3)5-4-18-7-16-9-8(10(12)15-16)13-6-14-11(9)17/h6H,4-5,7H2,1-3H3,(H,13,14,17). The van der Waals surface area contributed by atoms with Crippen molar-refractivity contribution in [1.29, 1.82) is 0 Å². The van der Waals surface area contributed by atoms with E-state index in [9.17, 15) is 5.11 Å². The summed E-state index contributed by atoms with van der Waals surface area (Å²) in [6.07, 6.45) is 1.33. The molecular formula is C11H17IN4O2Si. The minimum absolute atomic E-state index is 0.0609. The average Bonchev–Trinajstić information content (AvgIpc) is 2.62. The van der Waals surface area contributed by atoms with Gasteiger partial charge in [-0.1, -0.05) is 19.6 Å². The van der Waals surface area contributed by atoms with E-state index < -0.39 is 8.07 Å². The molecule has 0 atom stereocenters. The van der Waals surface area contributed by atoms with E-state index >= 15 is 0 Å². The van der Waals surface area contributed by atoms with E-state index in [0.29, 0.717) is 24.4 Å². The fourth-order valence-corrected chi connectivity index (χ4v) is 3.00. The van der Waals surface area contributed by atoms with Crippen LogP contribution in [0.15, 0.2) is 6.33 Å². The fraction of sp³-hybridized carbons (Fsp3) is 0.545. The maximum atomic E-state index is 9.79. The highest BCUT2D eigenvalue weighted by Crippen LogP contribution is 2.23. The molecule has 0 aromatic carbocycles. The quantitative estimate of drug-likeness (QED) is 0.481. The SMILES string of the molecule is C[Si](C)(C)CCOCn1nc(I)c2ncnc(O)c21. The molecule has 0 fully saturated rings. The zero-order chi connectivity index (χ0) is 14.0. The van der Waals surface area contributed by atoms with Crippen LogP contribution < -0.4 is 0 Å². The van der Waals surface area contributed by atoms with Crippen molar-refractivity contribution in [3.05, 3.63) is 10.0 Å². The van der Waals surface area contributed by atoms with E-state index in [0.717, 1.165) is 9.74 Å². The number of aromatic hydroxyl groups is 1. The van der Waals surface area contributed by atoms with Gasteiger partial charge in [-0.05, 0) is 28.6 Å². The molecule has 0 aliphatic heterocycles. The maximum Gasteiger partial charge on any atom is 0.241 e. The number of aromatic nitrogens is 4. The Morgan fingerprint density at radius 3 is 2.79 bits per heavy atom. The van der Waals surface area contributed by atoms with E-state index in [1.807, 2.05) is 0 Å². The first-order valence-corrected chi connectivity index (χ1v) is 10.8. The molecule has 1 N–H and O–H groups in total. The Balaban J connectivity index is 2.09. The van der Waals surface area contributed by atoms with Crippen LogP contribution in [0.4, 0.5) is 0 Å². The predicted octanol–water partition coefficient (Wildman–Crippen LogP) is 2.45. The number of ether oxygens (including phenoxy) is 1. The highest BCUT2D eigenvalue weighted by molar-refractivity contribution is 14.1. The van der Waals surface area contributed by atoms with E-state index in [1.54, 1.807) is 4.68 Å². The van der Waals surface area contributed by atoms with Crippen LogP contribution in [0.5, 0.6) is 5.88 Å². The number of hydrogen-bond donors (Lipinski definition) is 1. The lowest BCUT2D eigenvalue weighted by molar-refractivity contribution is 0.0811. The van der Waals surface area contributed by atoms with Crippen LogP contribution in [-0.2, 0) is 11.5 Å². The van der Waals surface area contributed by atoms with Gasteiger partial charge < -0.3 is 9.84 Å². The number of nitrogens with zero attached hydrogens (tertiary/aromatic N) is 4. The number of rotatable bonds is 5.